The molecule has 0 fully saturated rings. The molecule has 0 radical (unpaired) electrons. The number of rotatable bonds is 7. The van der Waals surface area contributed by atoms with Crippen molar-refractivity contribution in [3.63, 3.8) is 0 Å². The zero-order chi connectivity index (χ0) is 18.9. The number of anilines is 1. The maximum absolute atomic E-state index is 11.7. The van der Waals surface area contributed by atoms with Crippen molar-refractivity contribution in [1.82, 2.24) is 10.2 Å². The predicted molar refractivity (Wildman–Crippen MR) is 109 cm³/mol. The molecule has 0 bridgehead atoms. The topological polar surface area (TPSA) is 53.6 Å². The first-order chi connectivity index (χ1) is 12.5. The van der Waals surface area contributed by atoms with Gasteiger partial charge in [0.2, 0.25) is 0 Å². The lowest BCUT2D eigenvalue weighted by atomic mass is 10.1. The fourth-order valence-electron chi connectivity index (χ4n) is 2.54. The van der Waals surface area contributed by atoms with E-state index in [-0.39, 0.29) is 12.0 Å². The molecule has 0 spiro atoms. The quantitative estimate of drug-likeness (QED) is 0.574. The molecule has 2 N–H and O–H groups in total. The number of hydrogen-bond donors (Lipinski definition) is 2. The van der Waals surface area contributed by atoms with Crippen LogP contribution in [0.3, 0.4) is 0 Å². The monoisotopic (exact) mass is 371 g/mol. The zero-order valence-electron chi connectivity index (χ0n) is 15.4. The third-order valence-corrected chi connectivity index (χ3v) is 4.16. The van der Waals surface area contributed by atoms with Gasteiger partial charge in [-0.3, -0.25) is 0 Å². The van der Waals surface area contributed by atoms with Gasteiger partial charge in [-0.1, -0.05) is 30.3 Å². The molecule has 138 valence electrons. The standard InChI is InChI=1S/C20H25N3O2S/c1-4-25-19(24)16-10-12-17(13-11-16)22-20(26)21-14-18(23(2)3)15-8-6-5-7-9-15/h5-13,18H,4,14H2,1-3H3,(H2,21,22,26)/t18-/m0/s1. The van der Waals surface area contributed by atoms with Crippen molar-refractivity contribution in [3.05, 3.63) is 65.7 Å². The molecule has 2 rings (SSSR count). The highest BCUT2D eigenvalue weighted by atomic mass is 32.1. The van der Waals surface area contributed by atoms with Gasteiger partial charge in [-0.15, -0.1) is 0 Å². The lowest BCUT2D eigenvalue weighted by Gasteiger charge is -2.25. The minimum absolute atomic E-state index is 0.210. The van der Waals surface area contributed by atoms with Crippen LogP contribution >= 0.6 is 12.2 Å². The first-order valence-electron chi connectivity index (χ1n) is 8.54. The van der Waals surface area contributed by atoms with Crippen molar-refractivity contribution in [2.75, 3.05) is 32.6 Å². The smallest absolute Gasteiger partial charge is 0.338 e. The Bertz CT molecular complexity index is 718. The normalized spacial score (nSPS) is 11.7. The van der Waals surface area contributed by atoms with E-state index in [0.29, 0.717) is 23.8 Å². The van der Waals surface area contributed by atoms with Gasteiger partial charge < -0.3 is 20.3 Å². The van der Waals surface area contributed by atoms with Crippen LogP contribution in [0.4, 0.5) is 5.69 Å². The molecule has 0 saturated heterocycles. The number of benzene rings is 2. The molecule has 0 aliphatic heterocycles. The van der Waals surface area contributed by atoms with E-state index in [1.807, 2.05) is 32.3 Å². The lowest BCUT2D eigenvalue weighted by molar-refractivity contribution is 0.0526. The lowest BCUT2D eigenvalue weighted by Crippen LogP contribution is -2.36. The Hall–Kier alpha value is -2.44. The molecule has 0 heterocycles. The molecule has 1 atom stereocenters. The highest BCUT2D eigenvalue weighted by Gasteiger charge is 2.14. The Labute approximate surface area is 160 Å². The van der Waals surface area contributed by atoms with E-state index in [4.69, 9.17) is 17.0 Å². The molecule has 0 aliphatic rings. The summed E-state index contributed by atoms with van der Waals surface area (Å²) >= 11 is 5.38. The molecule has 0 saturated carbocycles. The highest BCUT2D eigenvalue weighted by Crippen LogP contribution is 2.17. The van der Waals surface area contributed by atoms with E-state index in [1.54, 1.807) is 31.2 Å². The second kappa shape index (κ2) is 9.89. The molecule has 0 aliphatic carbocycles. The van der Waals surface area contributed by atoms with Gasteiger partial charge in [0.1, 0.15) is 0 Å². The van der Waals surface area contributed by atoms with Crippen LogP contribution in [0.2, 0.25) is 0 Å². The summed E-state index contributed by atoms with van der Waals surface area (Å²) in [6.45, 7) is 2.83. The SMILES string of the molecule is CCOC(=O)c1ccc(NC(=S)NC[C@@H](c2ccccc2)N(C)C)cc1. The molecule has 0 unspecified atom stereocenters. The van der Waals surface area contributed by atoms with Gasteiger partial charge in [-0.25, -0.2) is 4.79 Å². The van der Waals surface area contributed by atoms with Crippen LogP contribution in [0.15, 0.2) is 54.6 Å². The van der Waals surface area contributed by atoms with Crippen molar-refractivity contribution in [1.29, 1.82) is 0 Å². The van der Waals surface area contributed by atoms with E-state index in [2.05, 4.69) is 27.7 Å². The molecular formula is C20H25N3O2S. The number of nitrogens with one attached hydrogen (secondary N) is 2. The van der Waals surface area contributed by atoms with Crippen molar-refractivity contribution >= 4 is 29.0 Å². The number of likely N-dealkylation sites (N-methyl/N-ethyl adjacent to an activating group) is 1. The number of carbonyl (C=O) groups is 1. The Morgan fingerprint density at radius 2 is 1.77 bits per heavy atom. The molecule has 0 aromatic heterocycles. The van der Waals surface area contributed by atoms with E-state index < -0.39 is 0 Å². The summed E-state index contributed by atoms with van der Waals surface area (Å²) in [6.07, 6.45) is 0. The van der Waals surface area contributed by atoms with Crippen LogP contribution in [0, 0.1) is 0 Å². The molecule has 6 heteroatoms. The van der Waals surface area contributed by atoms with Gasteiger partial charge in [0.25, 0.3) is 0 Å². The molecule has 2 aromatic rings. The average molecular weight is 372 g/mol. The van der Waals surface area contributed by atoms with Crippen molar-refractivity contribution in [2.24, 2.45) is 0 Å². The summed E-state index contributed by atoms with van der Waals surface area (Å²) in [4.78, 5) is 13.8. The number of esters is 1. The van der Waals surface area contributed by atoms with Gasteiger partial charge in [0.05, 0.1) is 18.2 Å². The van der Waals surface area contributed by atoms with Gasteiger partial charge in [-0.2, -0.15) is 0 Å². The van der Waals surface area contributed by atoms with Crippen molar-refractivity contribution in [3.8, 4) is 0 Å². The number of carbonyl (C=O) groups excluding carboxylic acids is 1. The van der Waals surface area contributed by atoms with E-state index >= 15 is 0 Å². The highest BCUT2D eigenvalue weighted by molar-refractivity contribution is 7.80. The average Bonchev–Trinajstić information content (AvgIpc) is 2.63. The summed E-state index contributed by atoms with van der Waals surface area (Å²) < 4.78 is 4.98. The van der Waals surface area contributed by atoms with E-state index in [9.17, 15) is 4.79 Å². The Morgan fingerprint density at radius 1 is 1.12 bits per heavy atom. The molecule has 5 nitrogen and oxygen atoms in total. The summed E-state index contributed by atoms with van der Waals surface area (Å²) in [5.74, 6) is -0.323. The Morgan fingerprint density at radius 3 is 2.35 bits per heavy atom. The van der Waals surface area contributed by atoms with Crippen molar-refractivity contribution in [2.45, 2.75) is 13.0 Å². The number of hydrogen-bond acceptors (Lipinski definition) is 4. The summed E-state index contributed by atoms with van der Waals surface area (Å²) in [5.41, 5.74) is 2.57. The van der Waals surface area contributed by atoms with Crippen LogP contribution in [-0.2, 0) is 4.74 Å². The van der Waals surface area contributed by atoms with Crippen LogP contribution in [0.25, 0.3) is 0 Å². The summed E-state index contributed by atoms with van der Waals surface area (Å²) in [7, 11) is 4.09. The molecule has 0 amide bonds. The fraction of sp³-hybridized carbons (Fsp3) is 0.300. The fourth-order valence-corrected chi connectivity index (χ4v) is 2.74. The summed E-state index contributed by atoms with van der Waals surface area (Å²) in [5, 5.41) is 6.93. The number of thiocarbonyl (C=S) groups is 1. The third-order valence-electron chi connectivity index (χ3n) is 3.92. The van der Waals surface area contributed by atoms with Crippen LogP contribution < -0.4 is 10.6 Å². The Kier molecular flexibility index (Phi) is 7.56. The first-order valence-corrected chi connectivity index (χ1v) is 8.95. The second-order valence-electron chi connectivity index (χ2n) is 6.02. The second-order valence-corrected chi connectivity index (χ2v) is 6.43. The van der Waals surface area contributed by atoms with E-state index in [0.717, 1.165) is 5.69 Å². The van der Waals surface area contributed by atoms with Gasteiger partial charge in [-0.05, 0) is 63.1 Å². The third kappa shape index (κ3) is 5.82. The molecular weight excluding hydrogens is 346 g/mol. The van der Waals surface area contributed by atoms with Gasteiger partial charge in [0, 0.05) is 12.2 Å². The van der Waals surface area contributed by atoms with Crippen LogP contribution in [-0.4, -0.2) is 43.2 Å². The molecule has 26 heavy (non-hydrogen) atoms. The zero-order valence-corrected chi connectivity index (χ0v) is 16.2. The van der Waals surface area contributed by atoms with Crippen molar-refractivity contribution < 1.29 is 9.53 Å². The number of nitrogens with zero attached hydrogens (tertiary/aromatic N) is 1. The van der Waals surface area contributed by atoms with Crippen LogP contribution in [0.1, 0.15) is 28.9 Å². The maximum atomic E-state index is 11.7. The largest absolute Gasteiger partial charge is 0.462 e. The maximum Gasteiger partial charge on any atom is 0.338 e. The van der Waals surface area contributed by atoms with Gasteiger partial charge in [0.15, 0.2) is 5.11 Å². The number of ether oxygens (including phenoxy) is 1. The minimum atomic E-state index is -0.323. The first kappa shape index (κ1) is 19.9. The van der Waals surface area contributed by atoms with Gasteiger partial charge >= 0.3 is 5.97 Å². The predicted octanol–water partition coefficient (Wildman–Crippen LogP) is 3.45. The van der Waals surface area contributed by atoms with E-state index in [1.165, 1.54) is 5.56 Å². The minimum Gasteiger partial charge on any atom is -0.462 e. The van der Waals surface area contributed by atoms with Crippen LogP contribution in [0.5, 0.6) is 0 Å². The summed E-state index contributed by atoms with van der Waals surface area (Å²) in [6, 6.07) is 17.6. The Balaban J connectivity index is 1.90. The molecule has 2 aromatic carbocycles.